The number of nitrogens with two attached hydrogens (primary N) is 1. The highest BCUT2D eigenvalue weighted by molar-refractivity contribution is 7.79. The van der Waals surface area contributed by atoms with E-state index in [1.54, 1.807) is 20.3 Å². The summed E-state index contributed by atoms with van der Waals surface area (Å²) in [5.74, 6) is 1.89. The van der Waals surface area contributed by atoms with Crippen molar-refractivity contribution in [2.75, 3.05) is 27.4 Å². The molecule has 0 spiro atoms. The Hall–Kier alpha value is -1.81. The highest BCUT2D eigenvalue weighted by atomic mass is 32.3. The molecule has 0 radical (unpaired) electrons. The summed E-state index contributed by atoms with van der Waals surface area (Å²) in [7, 11) is -1.47. The van der Waals surface area contributed by atoms with Crippen LogP contribution < -0.4 is 19.9 Å². The molecule has 0 bridgehead atoms. The van der Waals surface area contributed by atoms with Gasteiger partial charge in [0, 0.05) is 0 Å². The maximum atomic E-state index is 8.74. The molecule has 1 aromatic carbocycles. The molecule has 9 heteroatoms. The van der Waals surface area contributed by atoms with Crippen LogP contribution in [0.3, 0.4) is 0 Å². The summed E-state index contributed by atoms with van der Waals surface area (Å²) in [6.07, 6.45) is 2.45. The van der Waals surface area contributed by atoms with Gasteiger partial charge in [0.2, 0.25) is 5.75 Å². The summed E-state index contributed by atoms with van der Waals surface area (Å²) in [6.45, 7) is 4.60. The number of methoxy groups -OCH3 is 2. The van der Waals surface area contributed by atoms with Crippen LogP contribution in [-0.2, 0) is 16.8 Å². The van der Waals surface area contributed by atoms with Crippen LogP contribution in [0.1, 0.15) is 5.56 Å². The van der Waals surface area contributed by atoms with Crippen molar-refractivity contribution in [3.8, 4) is 17.2 Å². The first-order chi connectivity index (χ1) is 10.3. The summed E-state index contributed by atoms with van der Waals surface area (Å²) >= 11 is 0. The lowest BCUT2D eigenvalue weighted by atomic mass is 10.1. The molecule has 22 heavy (non-hydrogen) atoms. The van der Waals surface area contributed by atoms with E-state index in [4.69, 9.17) is 37.5 Å². The first-order valence-electron chi connectivity index (χ1n) is 6.15. The zero-order valence-electron chi connectivity index (χ0n) is 12.5. The van der Waals surface area contributed by atoms with Crippen molar-refractivity contribution in [3.63, 3.8) is 0 Å². The Morgan fingerprint density at radius 1 is 1.23 bits per heavy atom. The zero-order valence-corrected chi connectivity index (χ0v) is 13.3. The third kappa shape index (κ3) is 8.47. The summed E-state index contributed by atoms with van der Waals surface area (Å²) in [4.78, 5) is 0. The van der Waals surface area contributed by atoms with E-state index >= 15 is 0 Å². The molecule has 0 fully saturated rings. The molecular formula is C13H21NO7S. The van der Waals surface area contributed by atoms with Gasteiger partial charge < -0.3 is 19.9 Å². The fraction of sp³-hybridized carbons (Fsp3) is 0.385. The van der Waals surface area contributed by atoms with Crippen LogP contribution in [0.15, 0.2) is 24.8 Å². The Labute approximate surface area is 130 Å². The molecule has 0 heterocycles. The van der Waals surface area contributed by atoms with Gasteiger partial charge in [0.05, 0.1) is 14.2 Å². The summed E-state index contributed by atoms with van der Waals surface area (Å²) in [5, 5.41) is 0. The highest BCUT2D eigenvalue weighted by Gasteiger charge is 2.13. The quantitative estimate of drug-likeness (QED) is 0.499. The third-order valence-corrected chi connectivity index (χ3v) is 2.30. The summed E-state index contributed by atoms with van der Waals surface area (Å²) in [5.41, 5.74) is 6.60. The molecule has 0 aliphatic heterocycles. The van der Waals surface area contributed by atoms with Crippen molar-refractivity contribution in [2.45, 2.75) is 6.42 Å². The first-order valence-corrected chi connectivity index (χ1v) is 7.55. The van der Waals surface area contributed by atoms with E-state index in [0.29, 0.717) is 30.4 Å². The maximum Gasteiger partial charge on any atom is 0.394 e. The molecule has 0 aliphatic rings. The largest absolute Gasteiger partial charge is 0.493 e. The highest BCUT2D eigenvalue weighted by Crippen LogP contribution is 2.38. The second-order valence-electron chi connectivity index (χ2n) is 3.92. The molecule has 0 saturated heterocycles. The number of hydrogen-bond acceptors (Lipinski definition) is 6. The lowest BCUT2D eigenvalue weighted by Gasteiger charge is -2.15. The number of ether oxygens (including phenoxy) is 3. The fourth-order valence-electron chi connectivity index (χ4n) is 1.53. The summed E-state index contributed by atoms with van der Waals surface area (Å²) in [6, 6.07) is 3.82. The molecular weight excluding hydrogens is 314 g/mol. The van der Waals surface area contributed by atoms with Crippen molar-refractivity contribution in [2.24, 2.45) is 5.73 Å². The normalized spacial score (nSPS) is 10.2. The minimum atomic E-state index is -4.67. The molecule has 0 amide bonds. The topological polar surface area (TPSA) is 128 Å². The van der Waals surface area contributed by atoms with E-state index in [2.05, 4.69) is 6.58 Å². The molecule has 1 rings (SSSR count). The number of hydrogen-bond donors (Lipinski definition) is 3. The van der Waals surface area contributed by atoms with Gasteiger partial charge in [0.25, 0.3) is 0 Å². The van der Waals surface area contributed by atoms with Gasteiger partial charge in [-0.15, -0.1) is 0 Å². The predicted octanol–water partition coefficient (Wildman–Crippen LogP) is 1.12. The van der Waals surface area contributed by atoms with Gasteiger partial charge in [-0.1, -0.05) is 12.7 Å². The molecule has 1 aromatic rings. The average Bonchev–Trinajstić information content (AvgIpc) is 2.43. The van der Waals surface area contributed by atoms with E-state index in [0.717, 1.165) is 12.0 Å². The average molecular weight is 335 g/mol. The molecule has 126 valence electrons. The van der Waals surface area contributed by atoms with Gasteiger partial charge in [-0.3, -0.25) is 9.11 Å². The molecule has 8 nitrogen and oxygen atoms in total. The Bertz CT molecular complexity index is 539. The number of benzene rings is 1. The minimum absolute atomic E-state index is 0.406. The zero-order chi connectivity index (χ0) is 17.2. The van der Waals surface area contributed by atoms with E-state index in [1.165, 1.54) is 0 Å². The van der Waals surface area contributed by atoms with Crippen molar-refractivity contribution in [3.05, 3.63) is 30.4 Å². The van der Waals surface area contributed by atoms with E-state index in [9.17, 15) is 0 Å². The van der Waals surface area contributed by atoms with Gasteiger partial charge >= 0.3 is 10.4 Å². The SMILES string of the molecule is C=CCOc1c(OC)cc(CCN)cc1OC.O=S(=O)(O)O. The van der Waals surface area contributed by atoms with Gasteiger partial charge in [-0.05, 0) is 30.7 Å². The van der Waals surface area contributed by atoms with Gasteiger partial charge in [0.15, 0.2) is 11.5 Å². The minimum Gasteiger partial charge on any atom is -0.493 e. The fourth-order valence-corrected chi connectivity index (χ4v) is 1.53. The number of rotatable bonds is 7. The Balaban J connectivity index is 0.000000763. The molecule has 4 N–H and O–H groups in total. The Kier molecular flexibility index (Phi) is 9.18. The summed E-state index contributed by atoms with van der Waals surface area (Å²) < 4.78 is 47.7. The van der Waals surface area contributed by atoms with Gasteiger partial charge in [0.1, 0.15) is 6.61 Å². The van der Waals surface area contributed by atoms with Crippen LogP contribution in [-0.4, -0.2) is 44.9 Å². The van der Waals surface area contributed by atoms with Crippen molar-refractivity contribution >= 4 is 10.4 Å². The second kappa shape index (κ2) is 10.0. The van der Waals surface area contributed by atoms with Crippen molar-refractivity contribution in [1.82, 2.24) is 0 Å². The van der Waals surface area contributed by atoms with Crippen LogP contribution >= 0.6 is 0 Å². The molecule has 0 atom stereocenters. The standard InChI is InChI=1S/C13H19NO3.H2O4S/c1-4-7-17-13-11(15-2)8-10(5-6-14)9-12(13)16-3;1-5(2,3)4/h4,8-9H,1,5-7,14H2,2-3H3;(H2,1,2,3,4). The predicted molar refractivity (Wildman–Crippen MR) is 82.2 cm³/mol. The lowest BCUT2D eigenvalue weighted by molar-refractivity contribution is 0.300. The smallest absolute Gasteiger partial charge is 0.394 e. The molecule has 0 aliphatic carbocycles. The third-order valence-electron chi connectivity index (χ3n) is 2.30. The van der Waals surface area contributed by atoms with Crippen LogP contribution in [0.4, 0.5) is 0 Å². The Morgan fingerprint density at radius 3 is 2.00 bits per heavy atom. The lowest BCUT2D eigenvalue weighted by Crippen LogP contribution is -2.05. The van der Waals surface area contributed by atoms with E-state index in [1.807, 2.05) is 12.1 Å². The van der Waals surface area contributed by atoms with Crippen molar-refractivity contribution in [1.29, 1.82) is 0 Å². The maximum absolute atomic E-state index is 8.74. The van der Waals surface area contributed by atoms with Crippen LogP contribution in [0.5, 0.6) is 17.2 Å². The van der Waals surface area contributed by atoms with Crippen molar-refractivity contribution < 1.29 is 31.7 Å². The monoisotopic (exact) mass is 335 g/mol. The molecule has 0 unspecified atom stereocenters. The second-order valence-corrected chi connectivity index (χ2v) is 4.81. The Morgan fingerprint density at radius 2 is 1.68 bits per heavy atom. The van der Waals surface area contributed by atoms with Crippen LogP contribution in [0, 0.1) is 0 Å². The first kappa shape index (κ1) is 20.2. The van der Waals surface area contributed by atoms with E-state index in [-0.39, 0.29) is 0 Å². The van der Waals surface area contributed by atoms with Gasteiger partial charge in [-0.2, -0.15) is 8.42 Å². The molecule has 0 saturated carbocycles. The van der Waals surface area contributed by atoms with Crippen LogP contribution in [0.25, 0.3) is 0 Å². The molecule has 0 aromatic heterocycles. The van der Waals surface area contributed by atoms with Crippen LogP contribution in [0.2, 0.25) is 0 Å². The van der Waals surface area contributed by atoms with Gasteiger partial charge in [-0.25, -0.2) is 0 Å². The van der Waals surface area contributed by atoms with E-state index < -0.39 is 10.4 Å².